The number of benzene rings is 2. The zero-order chi connectivity index (χ0) is 23.8. The molecular formula is C23H28N2O7S. The van der Waals surface area contributed by atoms with Crippen LogP contribution in [0.5, 0.6) is 11.5 Å². The highest BCUT2D eigenvalue weighted by Crippen LogP contribution is 2.24. The number of aliphatic hydroxyl groups is 1. The standard InChI is InChI=1S/C23H28N2O7S/c1-30-17-7-5-6-16(12-17)14-24-23(27)13-18-10-11-19(21(15-26)32-18)25-33(28,29)22-9-4-3-8-20(22)31-2/h3-12,18-19,21,25-26H,13-15H2,1-2H3,(H,24,27)/t18-,19-,21-/m1/s1. The van der Waals surface area contributed by atoms with Gasteiger partial charge in [-0.25, -0.2) is 13.1 Å². The van der Waals surface area contributed by atoms with Crippen LogP contribution in [0.2, 0.25) is 0 Å². The lowest BCUT2D eigenvalue weighted by atomic mass is 10.1. The summed E-state index contributed by atoms with van der Waals surface area (Å²) in [7, 11) is -0.976. The summed E-state index contributed by atoms with van der Waals surface area (Å²) in [5.41, 5.74) is 0.891. The molecule has 0 saturated carbocycles. The molecule has 2 aromatic carbocycles. The molecule has 0 saturated heterocycles. The number of amides is 1. The molecule has 1 amide bonds. The van der Waals surface area contributed by atoms with E-state index in [1.165, 1.54) is 13.2 Å². The zero-order valence-corrected chi connectivity index (χ0v) is 19.2. The molecule has 3 rings (SSSR count). The van der Waals surface area contributed by atoms with Crippen LogP contribution in [0.25, 0.3) is 0 Å². The SMILES string of the molecule is COc1cccc(CNC(=O)C[C@H]2C=C[C@@H](NS(=O)(=O)c3ccccc3OC)[C@@H](CO)O2)c1. The van der Waals surface area contributed by atoms with Crippen LogP contribution < -0.4 is 19.5 Å². The second-order valence-corrected chi connectivity index (χ2v) is 9.09. The van der Waals surface area contributed by atoms with Gasteiger partial charge in [-0.1, -0.05) is 36.4 Å². The maximum Gasteiger partial charge on any atom is 0.244 e. The van der Waals surface area contributed by atoms with Crippen molar-refractivity contribution in [1.29, 1.82) is 0 Å². The Hall–Kier alpha value is -2.92. The minimum Gasteiger partial charge on any atom is -0.497 e. The summed E-state index contributed by atoms with van der Waals surface area (Å²) in [6.45, 7) is -0.0946. The van der Waals surface area contributed by atoms with Crippen molar-refractivity contribution in [2.45, 2.75) is 36.1 Å². The molecule has 1 aliphatic heterocycles. The minimum absolute atomic E-state index is 0.0170. The minimum atomic E-state index is -3.94. The van der Waals surface area contributed by atoms with Crippen molar-refractivity contribution < 1.29 is 32.5 Å². The van der Waals surface area contributed by atoms with Gasteiger partial charge >= 0.3 is 0 Å². The van der Waals surface area contributed by atoms with Crippen LogP contribution in [0.1, 0.15) is 12.0 Å². The highest BCUT2D eigenvalue weighted by Gasteiger charge is 2.32. The molecule has 0 unspecified atom stereocenters. The fourth-order valence-electron chi connectivity index (χ4n) is 3.43. The molecule has 9 nitrogen and oxygen atoms in total. The van der Waals surface area contributed by atoms with Gasteiger partial charge in [0, 0.05) is 6.54 Å². The quantitative estimate of drug-likeness (QED) is 0.443. The number of sulfonamides is 1. The van der Waals surface area contributed by atoms with Gasteiger partial charge in [0.25, 0.3) is 0 Å². The third-order valence-corrected chi connectivity index (χ3v) is 6.62. The third kappa shape index (κ3) is 6.55. The average molecular weight is 477 g/mol. The van der Waals surface area contributed by atoms with Crippen LogP contribution in [-0.4, -0.2) is 58.5 Å². The van der Waals surface area contributed by atoms with E-state index in [4.69, 9.17) is 14.2 Å². The van der Waals surface area contributed by atoms with E-state index in [-0.39, 0.29) is 23.0 Å². The number of rotatable bonds is 10. The molecule has 0 radical (unpaired) electrons. The van der Waals surface area contributed by atoms with Crippen LogP contribution in [0.4, 0.5) is 0 Å². The highest BCUT2D eigenvalue weighted by atomic mass is 32.2. The van der Waals surface area contributed by atoms with Crippen molar-refractivity contribution in [3.63, 3.8) is 0 Å². The van der Waals surface area contributed by atoms with Gasteiger partial charge in [-0.15, -0.1) is 0 Å². The lowest BCUT2D eigenvalue weighted by molar-refractivity contribution is -0.125. The molecule has 3 N–H and O–H groups in total. The molecule has 3 atom stereocenters. The van der Waals surface area contributed by atoms with E-state index in [0.717, 1.165) is 5.56 Å². The topological polar surface area (TPSA) is 123 Å². The molecule has 0 spiro atoms. The number of aliphatic hydroxyl groups excluding tert-OH is 1. The Kier molecular flexibility index (Phi) is 8.45. The number of ether oxygens (including phenoxy) is 3. The van der Waals surface area contributed by atoms with Crippen LogP contribution in [0.3, 0.4) is 0 Å². The van der Waals surface area contributed by atoms with Gasteiger partial charge in [-0.3, -0.25) is 4.79 Å². The Morgan fingerprint density at radius 2 is 1.88 bits per heavy atom. The van der Waals surface area contributed by atoms with Crippen molar-refractivity contribution in [3.8, 4) is 11.5 Å². The summed E-state index contributed by atoms with van der Waals surface area (Å²) in [5, 5.41) is 12.6. The summed E-state index contributed by atoms with van der Waals surface area (Å²) in [4.78, 5) is 12.3. The summed E-state index contributed by atoms with van der Waals surface area (Å²) < 4.78 is 44.3. The van der Waals surface area contributed by atoms with Gasteiger partial charge in [0.15, 0.2) is 0 Å². The molecule has 33 heavy (non-hydrogen) atoms. The Labute approximate surface area is 193 Å². The normalized spacial score (nSPS) is 20.3. The predicted octanol–water partition coefficient (Wildman–Crippen LogP) is 1.37. The number of hydrogen-bond donors (Lipinski definition) is 3. The average Bonchev–Trinajstić information content (AvgIpc) is 2.83. The number of carbonyl (C=O) groups is 1. The maximum absolute atomic E-state index is 12.8. The summed E-state index contributed by atoms with van der Waals surface area (Å²) >= 11 is 0. The van der Waals surface area contributed by atoms with E-state index in [2.05, 4.69) is 10.0 Å². The van der Waals surface area contributed by atoms with Crippen LogP contribution in [-0.2, 0) is 26.1 Å². The molecular weight excluding hydrogens is 448 g/mol. The van der Waals surface area contributed by atoms with E-state index in [1.54, 1.807) is 37.5 Å². The van der Waals surface area contributed by atoms with E-state index in [1.807, 2.05) is 24.3 Å². The Morgan fingerprint density at radius 1 is 1.09 bits per heavy atom. The lowest BCUT2D eigenvalue weighted by Crippen LogP contribution is -2.49. The van der Waals surface area contributed by atoms with Gasteiger partial charge in [0.05, 0.1) is 39.4 Å². The number of methoxy groups -OCH3 is 2. The third-order valence-electron chi connectivity index (χ3n) is 5.12. The molecule has 0 aliphatic carbocycles. The largest absolute Gasteiger partial charge is 0.497 e. The van der Waals surface area contributed by atoms with Gasteiger partial charge in [0.2, 0.25) is 15.9 Å². The molecule has 1 aliphatic rings. The molecule has 1 heterocycles. The van der Waals surface area contributed by atoms with E-state index in [0.29, 0.717) is 12.3 Å². The number of carbonyl (C=O) groups excluding carboxylic acids is 1. The van der Waals surface area contributed by atoms with Crippen molar-refractivity contribution in [3.05, 3.63) is 66.2 Å². The van der Waals surface area contributed by atoms with Gasteiger partial charge in [0.1, 0.15) is 22.5 Å². The van der Waals surface area contributed by atoms with Crippen molar-refractivity contribution >= 4 is 15.9 Å². The van der Waals surface area contributed by atoms with Crippen LogP contribution in [0.15, 0.2) is 65.6 Å². The van der Waals surface area contributed by atoms with Crippen LogP contribution in [0, 0.1) is 0 Å². The Balaban J connectivity index is 1.60. The fraction of sp³-hybridized carbons (Fsp3) is 0.348. The molecule has 0 fully saturated rings. The van der Waals surface area contributed by atoms with Gasteiger partial charge in [-0.05, 0) is 29.8 Å². The molecule has 178 valence electrons. The first-order valence-corrected chi connectivity index (χ1v) is 11.8. The first-order chi connectivity index (χ1) is 15.9. The monoisotopic (exact) mass is 476 g/mol. The maximum atomic E-state index is 12.8. The summed E-state index contributed by atoms with van der Waals surface area (Å²) in [6, 6.07) is 12.8. The first kappa shape index (κ1) is 24.7. The highest BCUT2D eigenvalue weighted by molar-refractivity contribution is 7.89. The molecule has 0 bridgehead atoms. The summed E-state index contributed by atoms with van der Waals surface area (Å²) in [6.07, 6.45) is 1.79. The second-order valence-electron chi connectivity index (χ2n) is 7.41. The number of nitrogens with one attached hydrogen (secondary N) is 2. The second kappa shape index (κ2) is 11.3. The van der Waals surface area contributed by atoms with Gasteiger partial charge < -0.3 is 24.6 Å². The van der Waals surface area contributed by atoms with Crippen molar-refractivity contribution in [2.24, 2.45) is 0 Å². The molecule has 0 aromatic heterocycles. The lowest BCUT2D eigenvalue weighted by Gasteiger charge is -2.31. The molecule has 2 aromatic rings. The number of para-hydroxylation sites is 1. The predicted molar refractivity (Wildman–Crippen MR) is 121 cm³/mol. The molecule has 10 heteroatoms. The van der Waals surface area contributed by atoms with Crippen LogP contribution >= 0.6 is 0 Å². The van der Waals surface area contributed by atoms with E-state index >= 15 is 0 Å². The zero-order valence-electron chi connectivity index (χ0n) is 18.4. The first-order valence-electron chi connectivity index (χ1n) is 10.4. The summed E-state index contributed by atoms with van der Waals surface area (Å²) in [5.74, 6) is 0.668. The van der Waals surface area contributed by atoms with E-state index in [9.17, 15) is 18.3 Å². The van der Waals surface area contributed by atoms with E-state index < -0.39 is 34.9 Å². The smallest absolute Gasteiger partial charge is 0.244 e. The van der Waals surface area contributed by atoms with Crippen molar-refractivity contribution in [2.75, 3.05) is 20.8 Å². The number of hydrogen-bond acceptors (Lipinski definition) is 7. The van der Waals surface area contributed by atoms with Gasteiger partial charge in [-0.2, -0.15) is 0 Å². The van der Waals surface area contributed by atoms with Crippen molar-refractivity contribution in [1.82, 2.24) is 10.0 Å². The Bertz CT molecular complexity index is 1090. The fourth-order valence-corrected chi connectivity index (χ4v) is 4.82. The Morgan fingerprint density at radius 3 is 2.61 bits per heavy atom.